The van der Waals surface area contributed by atoms with Crippen molar-refractivity contribution >= 4 is 17.2 Å². The molecule has 0 aromatic carbocycles. The van der Waals surface area contributed by atoms with Gasteiger partial charge in [0.2, 0.25) is 0 Å². The lowest BCUT2D eigenvalue weighted by atomic mass is 10.0. The highest BCUT2D eigenvalue weighted by molar-refractivity contribution is 7.09. The summed E-state index contributed by atoms with van der Waals surface area (Å²) in [4.78, 5) is 21.3. The van der Waals surface area contributed by atoms with E-state index >= 15 is 0 Å². The minimum atomic E-state index is -0.0481. The minimum absolute atomic E-state index is 0.0481. The van der Waals surface area contributed by atoms with Gasteiger partial charge in [-0.3, -0.25) is 4.79 Å². The van der Waals surface area contributed by atoms with E-state index in [-0.39, 0.29) is 12.0 Å². The van der Waals surface area contributed by atoms with E-state index in [4.69, 9.17) is 4.74 Å². The van der Waals surface area contributed by atoms with Gasteiger partial charge in [-0.2, -0.15) is 0 Å². The molecule has 0 saturated carbocycles. The first kappa shape index (κ1) is 17.4. The quantitative estimate of drug-likeness (QED) is 0.807. The summed E-state index contributed by atoms with van der Waals surface area (Å²) in [7, 11) is 4.18. The Labute approximate surface area is 137 Å². The van der Waals surface area contributed by atoms with E-state index in [2.05, 4.69) is 30.9 Å². The molecule has 1 fully saturated rings. The fourth-order valence-electron chi connectivity index (χ4n) is 3.06. The van der Waals surface area contributed by atoms with E-state index in [0.29, 0.717) is 24.3 Å². The third kappa shape index (κ3) is 3.67. The fourth-order valence-corrected chi connectivity index (χ4v) is 3.86. The summed E-state index contributed by atoms with van der Waals surface area (Å²) >= 11 is 1.50. The van der Waals surface area contributed by atoms with E-state index in [0.717, 1.165) is 24.5 Å². The van der Waals surface area contributed by atoms with Crippen LogP contribution in [-0.2, 0) is 4.74 Å². The topological polar surface area (TPSA) is 45.7 Å². The second-order valence-corrected chi connectivity index (χ2v) is 6.97. The number of likely N-dealkylation sites (tertiary alicyclic amines) is 1. The number of hydrogen-bond donors (Lipinski definition) is 0. The highest BCUT2D eigenvalue weighted by Gasteiger charge is 2.36. The standard InChI is InChI=1S/C16H27N3O2S/c1-6-12-8-19(9-14(12)18(4)5)16(20)13-10-22-15(17-13)11(3)21-7-2/h10-12,14H,6-9H2,1-5H3. The number of amides is 1. The molecule has 1 aromatic rings. The summed E-state index contributed by atoms with van der Waals surface area (Å²) < 4.78 is 5.55. The molecule has 1 aliphatic heterocycles. The average molecular weight is 325 g/mol. The van der Waals surface area contributed by atoms with E-state index in [1.54, 1.807) is 0 Å². The van der Waals surface area contributed by atoms with Crippen LogP contribution in [0.3, 0.4) is 0 Å². The van der Waals surface area contributed by atoms with Gasteiger partial charge in [0.15, 0.2) is 0 Å². The summed E-state index contributed by atoms with van der Waals surface area (Å²) in [5, 5.41) is 2.73. The van der Waals surface area contributed by atoms with Gasteiger partial charge >= 0.3 is 0 Å². The van der Waals surface area contributed by atoms with Gasteiger partial charge in [-0.15, -0.1) is 11.3 Å². The summed E-state index contributed by atoms with van der Waals surface area (Å²) in [6.45, 7) is 8.40. The molecule has 3 unspecified atom stereocenters. The van der Waals surface area contributed by atoms with Crippen LogP contribution in [0.15, 0.2) is 5.38 Å². The number of hydrogen-bond acceptors (Lipinski definition) is 5. The number of carbonyl (C=O) groups excluding carboxylic acids is 1. The third-order valence-corrected chi connectivity index (χ3v) is 5.39. The van der Waals surface area contributed by atoms with Gasteiger partial charge < -0.3 is 14.5 Å². The van der Waals surface area contributed by atoms with Gasteiger partial charge in [0.25, 0.3) is 5.91 Å². The Morgan fingerprint density at radius 1 is 1.50 bits per heavy atom. The van der Waals surface area contributed by atoms with Gasteiger partial charge in [-0.05, 0) is 33.9 Å². The second kappa shape index (κ2) is 7.53. The molecule has 22 heavy (non-hydrogen) atoms. The van der Waals surface area contributed by atoms with Gasteiger partial charge in [0.05, 0.1) is 0 Å². The Morgan fingerprint density at radius 3 is 2.77 bits per heavy atom. The Bertz CT molecular complexity index is 503. The Kier molecular flexibility index (Phi) is 5.94. The van der Waals surface area contributed by atoms with Crippen molar-refractivity contribution in [2.24, 2.45) is 5.92 Å². The van der Waals surface area contributed by atoms with Crippen molar-refractivity contribution in [3.05, 3.63) is 16.1 Å². The fraction of sp³-hybridized carbons (Fsp3) is 0.750. The molecular weight excluding hydrogens is 298 g/mol. The maximum atomic E-state index is 12.7. The maximum absolute atomic E-state index is 12.7. The van der Waals surface area contributed by atoms with Crippen LogP contribution in [0.5, 0.6) is 0 Å². The van der Waals surface area contributed by atoms with Gasteiger partial charge in [0, 0.05) is 31.1 Å². The van der Waals surface area contributed by atoms with Crippen LogP contribution < -0.4 is 0 Å². The molecule has 0 bridgehead atoms. The van der Waals surface area contributed by atoms with Crippen molar-refractivity contribution in [3.8, 4) is 0 Å². The monoisotopic (exact) mass is 325 g/mol. The zero-order chi connectivity index (χ0) is 16.3. The van der Waals surface area contributed by atoms with Crippen LogP contribution in [0, 0.1) is 5.92 Å². The van der Waals surface area contributed by atoms with E-state index in [9.17, 15) is 4.79 Å². The molecule has 1 aliphatic rings. The highest BCUT2D eigenvalue weighted by atomic mass is 32.1. The highest BCUT2D eigenvalue weighted by Crippen LogP contribution is 2.26. The van der Waals surface area contributed by atoms with Crippen LogP contribution in [-0.4, -0.2) is 60.5 Å². The van der Waals surface area contributed by atoms with Crippen LogP contribution in [0.2, 0.25) is 0 Å². The van der Waals surface area contributed by atoms with Crippen molar-refractivity contribution < 1.29 is 9.53 Å². The SMILES string of the molecule is CCOC(C)c1nc(C(=O)N2CC(CC)C(N(C)C)C2)cs1. The summed E-state index contributed by atoms with van der Waals surface area (Å²) in [6.07, 6.45) is 1.05. The number of aromatic nitrogens is 1. The average Bonchev–Trinajstić information content (AvgIpc) is 3.13. The molecule has 2 rings (SSSR count). The molecule has 0 aliphatic carbocycles. The molecule has 3 atom stereocenters. The van der Waals surface area contributed by atoms with Crippen molar-refractivity contribution in [3.63, 3.8) is 0 Å². The molecule has 1 saturated heterocycles. The van der Waals surface area contributed by atoms with Crippen LogP contribution in [0.1, 0.15) is 48.8 Å². The molecule has 124 valence electrons. The molecule has 5 nitrogen and oxygen atoms in total. The molecule has 0 radical (unpaired) electrons. The van der Waals surface area contributed by atoms with Crippen molar-refractivity contribution in [1.82, 2.24) is 14.8 Å². The van der Waals surface area contributed by atoms with Gasteiger partial charge in [0.1, 0.15) is 16.8 Å². The van der Waals surface area contributed by atoms with E-state index in [1.807, 2.05) is 24.1 Å². The molecule has 1 amide bonds. The van der Waals surface area contributed by atoms with Crippen molar-refractivity contribution in [2.75, 3.05) is 33.8 Å². The first-order valence-corrected chi connectivity index (χ1v) is 8.88. The lowest BCUT2D eigenvalue weighted by molar-refractivity contribution is 0.0743. The first-order valence-electron chi connectivity index (χ1n) is 8.00. The van der Waals surface area contributed by atoms with Gasteiger partial charge in [-0.1, -0.05) is 13.3 Å². The largest absolute Gasteiger partial charge is 0.372 e. The number of thiazole rings is 1. The summed E-state index contributed by atoms with van der Waals surface area (Å²) in [5.41, 5.74) is 0.556. The summed E-state index contributed by atoms with van der Waals surface area (Å²) in [5.74, 6) is 0.591. The maximum Gasteiger partial charge on any atom is 0.273 e. The number of likely N-dealkylation sites (N-methyl/N-ethyl adjacent to an activating group) is 1. The predicted octanol–water partition coefficient (Wildman–Crippen LogP) is 2.65. The molecule has 0 spiro atoms. The van der Waals surface area contributed by atoms with Crippen molar-refractivity contribution in [2.45, 2.75) is 39.3 Å². The van der Waals surface area contributed by atoms with Crippen LogP contribution in [0.4, 0.5) is 0 Å². The predicted molar refractivity (Wildman–Crippen MR) is 89.3 cm³/mol. The number of ether oxygens (including phenoxy) is 1. The van der Waals surface area contributed by atoms with E-state index in [1.165, 1.54) is 11.3 Å². The Hall–Kier alpha value is -0.980. The molecule has 6 heteroatoms. The molecule has 0 N–H and O–H groups in total. The first-order chi connectivity index (χ1) is 10.5. The zero-order valence-electron chi connectivity index (χ0n) is 14.2. The smallest absolute Gasteiger partial charge is 0.273 e. The second-order valence-electron chi connectivity index (χ2n) is 6.08. The van der Waals surface area contributed by atoms with Crippen molar-refractivity contribution in [1.29, 1.82) is 0 Å². The molecule has 1 aromatic heterocycles. The summed E-state index contributed by atoms with van der Waals surface area (Å²) in [6, 6.07) is 0.439. The lowest BCUT2D eigenvalue weighted by Crippen LogP contribution is -2.36. The Balaban J connectivity index is 2.06. The van der Waals surface area contributed by atoms with Crippen LogP contribution in [0.25, 0.3) is 0 Å². The van der Waals surface area contributed by atoms with Gasteiger partial charge in [-0.25, -0.2) is 4.98 Å². The number of carbonyl (C=O) groups is 1. The number of nitrogens with zero attached hydrogens (tertiary/aromatic N) is 3. The number of rotatable bonds is 6. The normalized spacial score (nSPS) is 23.3. The Morgan fingerprint density at radius 2 is 2.23 bits per heavy atom. The lowest BCUT2D eigenvalue weighted by Gasteiger charge is -2.23. The van der Waals surface area contributed by atoms with E-state index < -0.39 is 0 Å². The minimum Gasteiger partial charge on any atom is -0.372 e. The van der Waals surface area contributed by atoms with Crippen LogP contribution >= 0.6 is 11.3 Å². The zero-order valence-corrected chi connectivity index (χ0v) is 15.0. The molecule has 2 heterocycles. The third-order valence-electron chi connectivity index (χ3n) is 4.39. The molecular formula is C16H27N3O2S.